The van der Waals surface area contributed by atoms with E-state index in [-0.39, 0.29) is 0 Å². The number of rotatable bonds is 4. The number of aromatic nitrogens is 3. The van der Waals surface area contributed by atoms with Crippen LogP contribution in [-0.4, -0.2) is 19.9 Å². The smallest absolute Gasteiger partial charge is 0.190 e. The molecule has 4 nitrogen and oxygen atoms in total. The lowest BCUT2D eigenvalue weighted by Gasteiger charge is -2.12. The summed E-state index contributed by atoms with van der Waals surface area (Å²) in [6.07, 6.45) is 1.81. The molecule has 17 heavy (non-hydrogen) atoms. The molecule has 0 radical (unpaired) electrons. The average Bonchev–Trinajstić information content (AvgIpc) is 2.75. The second-order valence-electron chi connectivity index (χ2n) is 3.73. The van der Waals surface area contributed by atoms with E-state index in [9.17, 15) is 5.11 Å². The lowest BCUT2D eigenvalue weighted by Crippen LogP contribution is -1.98. The van der Waals surface area contributed by atoms with Crippen LogP contribution in [-0.2, 0) is 7.05 Å². The van der Waals surface area contributed by atoms with Gasteiger partial charge >= 0.3 is 0 Å². The SMILES string of the molecule is CC[C@H](O)c1ccccc1Sc1ncnn1C. The van der Waals surface area contributed by atoms with Gasteiger partial charge in [-0.2, -0.15) is 5.10 Å². The molecule has 0 aliphatic heterocycles. The molecular formula is C12H15N3OS. The van der Waals surface area contributed by atoms with Crippen LogP contribution in [0.15, 0.2) is 40.6 Å². The number of aryl methyl sites for hydroxylation is 1. The first-order chi connectivity index (χ1) is 8.22. The minimum Gasteiger partial charge on any atom is -0.388 e. The first-order valence-corrected chi connectivity index (χ1v) is 6.33. The van der Waals surface area contributed by atoms with Crippen molar-refractivity contribution < 1.29 is 5.11 Å². The Kier molecular flexibility index (Phi) is 3.81. The fourth-order valence-electron chi connectivity index (χ4n) is 1.55. The number of hydrogen-bond donors (Lipinski definition) is 1. The van der Waals surface area contributed by atoms with E-state index in [2.05, 4.69) is 10.1 Å². The molecule has 2 rings (SSSR count). The van der Waals surface area contributed by atoms with Crippen molar-refractivity contribution in [1.82, 2.24) is 14.8 Å². The van der Waals surface area contributed by atoms with Crippen molar-refractivity contribution in [3.63, 3.8) is 0 Å². The molecule has 1 heterocycles. The third-order valence-electron chi connectivity index (χ3n) is 2.54. The summed E-state index contributed by atoms with van der Waals surface area (Å²) in [5.74, 6) is 0. The molecule has 0 unspecified atom stereocenters. The highest BCUT2D eigenvalue weighted by atomic mass is 32.2. The maximum absolute atomic E-state index is 9.95. The fraction of sp³-hybridized carbons (Fsp3) is 0.333. The zero-order valence-electron chi connectivity index (χ0n) is 9.87. The van der Waals surface area contributed by atoms with Crippen LogP contribution in [0.4, 0.5) is 0 Å². The van der Waals surface area contributed by atoms with Gasteiger partial charge in [-0.05, 0) is 29.8 Å². The summed E-state index contributed by atoms with van der Waals surface area (Å²) in [7, 11) is 1.86. The quantitative estimate of drug-likeness (QED) is 0.904. The first kappa shape index (κ1) is 12.1. The zero-order chi connectivity index (χ0) is 12.3. The van der Waals surface area contributed by atoms with Crippen LogP contribution in [0, 0.1) is 0 Å². The monoisotopic (exact) mass is 249 g/mol. The Morgan fingerprint density at radius 2 is 2.18 bits per heavy atom. The summed E-state index contributed by atoms with van der Waals surface area (Å²) in [5, 5.41) is 14.8. The summed E-state index contributed by atoms with van der Waals surface area (Å²) in [6, 6.07) is 7.85. The van der Waals surface area contributed by atoms with Gasteiger partial charge in [0, 0.05) is 11.9 Å². The molecular weight excluding hydrogens is 234 g/mol. The predicted octanol–water partition coefficient (Wildman–Crippen LogP) is 2.41. The zero-order valence-corrected chi connectivity index (χ0v) is 10.7. The molecule has 1 atom stereocenters. The maximum Gasteiger partial charge on any atom is 0.190 e. The van der Waals surface area contributed by atoms with Crippen molar-refractivity contribution in [3.8, 4) is 0 Å². The van der Waals surface area contributed by atoms with Gasteiger partial charge in [-0.3, -0.25) is 0 Å². The minimum atomic E-state index is -0.424. The molecule has 1 aromatic heterocycles. The molecule has 1 N–H and O–H groups in total. The largest absolute Gasteiger partial charge is 0.388 e. The summed E-state index contributed by atoms with van der Waals surface area (Å²) in [5.41, 5.74) is 0.947. The van der Waals surface area contributed by atoms with Gasteiger partial charge in [0.15, 0.2) is 5.16 Å². The molecule has 90 valence electrons. The highest BCUT2D eigenvalue weighted by Gasteiger charge is 2.12. The van der Waals surface area contributed by atoms with Crippen molar-refractivity contribution in [2.75, 3.05) is 0 Å². The minimum absolute atomic E-state index is 0.424. The summed E-state index contributed by atoms with van der Waals surface area (Å²) in [6.45, 7) is 1.97. The third-order valence-corrected chi connectivity index (χ3v) is 3.68. The summed E-state index contributed by atoms with van der Waals surface area (Å²) in [4.78, 5) is 5.20. The van der Waals surface area contributed by atoms with Gasteiger partial charge in [0.1, 0.15) is 6.33 Å². The Labute approximate surface area is 105 Å². The Bertz CT molecular complexity index is 498. The Balaban J connectivity index is 2.30. The van der Waals surface area contributed by atoms with Crippen molar-refractivity contribution in [2.24, 2.45) is 7.05 Å². The Morgan fingerprint density at radius 1 is 1.41 bits per heavy atom. The molecule has 0 fully saturated rings. The molecule has 0 aliphatic carbocycles. The third kappa shape index (κ3) is 2.68. The number of nitrogens with zero attached hydrogens (tertiary/aromatic N) is 3. The van der Waals surface area contributed by atoms with Crippen LogP contribution < -0.4 is 0 Å². The van der Waals surface area contributed by atoms with Gasteiger partial charge in [0.25, 0.3) is 0 Å². The molecule has 0 bridgehead atoms. The molecule has 1 aromatic carbocycles. The van der Waals surface area contributed by atoms with Crippen LogP contribution in [0.1, 0.15) is 25.0 Å². The second kappa shape index (κ2) is 5.33. The van der Waals surface area contributed by atoms with Crippen molar-refractivity contribution >= 4 is 11.8 Å². The van der Waals surface area contributed by atoms with E-state index < -0.39 is 6.10 Å². The summed E-state index contributed by atoms with van der Waals surface area (Å²) < 4.78 is 1.72. The van der Waals surface area contributed by atoms with E-state index in [0.29, 0.717) is 6.42 Å². The van der Waals surface area contributed by atoms with Gasteiger partial charge in [0.2, 0.25) is 0 Å². The molecule has 2 aromatic rings. The normalized spacial score (nSPS) is 12.6. The van der Waals surface area contributed by atoms with E-state index >= 15 is 0 Å². The van der Waals surface area contributed by atoms with Crippen LogP contribution >= 0.6 is 11.8 Å². The predicted molar refractivity (Wildman–Crippen MR) is 66.8 cm³/mol. The van der Waals surface area contributed by atoms with E-state index in [1.807, 2.05) is 38.2 Å². The highest BCUT2D eigenvalue weighted by Crippen LogP contribution is 2.32. The fourth-order valence-corrected chi connectivity index (χ4v) is 2.49. The van der Waals surface area contributed by atoms with E-state index in [1.54, 1.807) is 4.68 Å². The molecule has 0 saturated carbocycles. The second-order valence-corrected chi connectivity index (χ2v) is 4.74. The average molecular weight is 249 g/mol. The van der Waals surface area contributed by atoms with Crippen LogP contribution in [0.3, 0.4) is 0 Å². The van der Waals surface area contributed by atoms with Gasteiger partial charge in [-0.25, -0.2) is 9.67 Å². The van der Waals surface area contributed by atoms with Gasteiger partial charge in [-0.1, -0.05) is 25.1 Å². The van der Waals surface area contributed by atoms with Crippen LogP contribution in [0.2, 0.25) is 0 Å². The van der Waals surface area contributed by atoms with Crippen LogP contribution in [0.25, 0.3) is 0 Å². The number of hydrogen-bond acceptors (Lipinski definition) is 4. The molecule has 0 spiro atoms. The van der Waals surface area contributed by atoms with Crippen molar-refractivity contribution in [1.29, 1.82) is 0 Å². The van der Waals surface area contributed by atoms with E-state index in [4.69, 9.17) is 0 Å². The lowest BCUT2D eigenvalue weighted by molar-refractivity contribution is 0.171. The van der Waals surface area contributed by atoms with Gasteiger partial charge in [-0.15, -0.1) is 0 Å². The Morgan fingerprint density at radius 3 is 2.82 bits per heavy atom. The maximum atomic E-state index is 9.95. The standard InChI is InChI=1S/C12H15N3OS/c1-3-10(16)9-6-4-5-7-11(9)17-12-13-8-14-15(12)2/h4-8,10,16H,3H2,1-2H3/t10-/m0/s1. The number of benzene rings is 1. The molecule has 5 heteroatoms. The highest BCUT2D eigenvalue weighted by molar-refractivity contribution is 7.99. The Hall–Kier alpha value is -1.33. The topological polar surface area (TPSA) is 50.9 Å². The lowest BCUT2D eigenvalue weighted by atomic mass is 10.1. The number of aliphatic hydroxyl groups excluding tert-OH is 1. The van der Waals surface area contributed by atoms with E-state index in [0.717, 1.165) is 15.6 Å². The van der Waals surface area contributed by atoms with Gasteiger partial charge < -0.3 is 5.11 Å². The van der Waals surface area contributed by atoms with Crippen molar-refractivity contribution in [3.05, 3.63) is 36.2 Å². The molecule has 0 amide bonds. The van der Waals surface area contributed by atoms with E-state index in [1.165, 1.54) is 18.1 Å². The first-order valence-electron chi connectivity index (χ1n) is 5.51. The summed E-state index contributed by atoms with van der Waals surface area (Å²) >= 11 is 1.52. The van der Waals surface area contributed by atoms with Crippen molar-refractivity contribution in [2.45, 2.75) is 29.5 Å². The van der Waals surface area contributed by atoms with Crippen LogP contribution in [0.5, 0.6) is 0 Å². The molecule has 0 aliphatic rings. The molecule has 0 saturated heterocycles. The number of aliphatic hydroxyl groups is 1. The van der Waals surface area contributed by atoms with Gasteiger partial charge in [0.05, 0.1) is 6.10 Å².